The van der Waals surface area contributed by atoms with Crippen molar-refractivity contribution in [3.63, 3.8) is 0 Å². The molecular weight excluding hydrogens is 502 g/mol. The normalized spacial score (nSPS) is 26.9. The summed E-state index contributed by atoms with van der Waals surface area (Å²) in [6.45, 7) is 6.99. The highest BCUT2D eigenvalue weighted by Gasteiger charge is 2.61. The molecule has 1 aromatic rings. The number of nitrogens with zero attached hydrogens (tertiary/aromatic N) is 2. The van der Waals surface area contributed by atoms with Crippen LogP contribution in [0, 0.1) is 5.41 Å². The molecule has 1 saturated carbocycles. The molecule has 4 rings (SSSR count). The molecule has 11 heteroatoms. The molecule has 2 aliphatic heterocycles. The highest BCUT2D eigenvalue weighted by Crippen LogP contribution is 2.43. The number of halogens is 1. The topological polar surface area (TPSA) is 125 Å². The Hall–Kier alpha value is -3.01. The van der Waals surface area contributed by atoms with Crippen LogP contribution in [0.25, 0.3) is 0 Å². The summed E-state index contributed by atoms with van der Waals surface area (Å²) >= 11 is 6.12. The number of amides is 3. The van der Waals surface area contributed by atoms with Gasteiger partial charge in [0.1, 0.15) is 18.2 Å². The van der Waals surface area contributed by atoms with E-state index in [1.807, 2.05) is 0 Å². The molecule has 2 N–H and O–H groups in total. The van der Waals surface area contributed by atoms with E-state index in [-0.39, 0.29) is 19.1 Å². The van der Waals surface area contributed by atoms with E-state index >= 15 is 0 Å². The lowest BCUT2D eigenvalue weighted by Gasteiger charge is -2.35. The largest absolute Gasteiger partial charge is 0.480 e. The predicted molar refractivity (Wildman–Crippen MR) is 135 cm³/mol. The number of rotatable bonds is 5. The highest BCUT2D eigenvalue weighted by molar-refractivity contribution is 6.30. The van der Waals surface area contributed by atoms with Crippen molar-refractivity contribution in [3.8, 4) is 0 Å². The van der Waals surface area contributed by atoms with Gasteiger partial charge in [-0.1, -0.05) is 38.4 Å². The van der Waals surface area contributed by atoms with Gasteiger partial charge in [-0.3, -0.25) is 9.69 Å². The number of ether oxygens (including phenoxy) is 2. The summed E-state index contributed by atoms with van der Waals surface area (Å²) in [6.07, 6.45) is 1.92. The maximum atomic E-state index is 13.8. The van der Waals surface area contributed by atoms with Gasteiger partial charge >= 0.3 is 18.2 Å². The molecule has 4 atom stereocenters. The lowest BCUT2D eigenvalue weighted by Crippen LogP contribution is -2.57. The molecule has 10 nitrogen and oxygen atoms in total. The standard InChI is InChI=1S/C26H34ClN3O7/c1-15-26(37-24(35)30(15)17-9-7-8-16(27)12-17)13-19(22(32)33)29(14-26)21(31)20(25(2,3)4)28-23(34)36-18-10-5-6-11-18/h7-9,12,15,18-20H,5-6,10-11,13-14H2,1-4H3,(H,28,34)(H,32,33)/t15?,19-,20?,26-/m0/s1. The third-order valence-electron chi connectivity index (χ3n) is 7.59. The summed E-state index contributed by atoms with van der Waals surface area (Å²) in [6, 6.07) is 3.87. The molecule has 202 valence electrons. The summed E-state index contributed by atoms with van der Waals surface area (Å²) in [5, 5.41) is 13.1. The molecule has 37 heavy (non-hydrogen) atoms. The van der Waals surface area contributed by atoms with Gasteiger partial charge in [0.25, 0.3) is 0 Å². The molecule has 1 aliphatic carbocycles. The smallest absolute Gasteiger partial charge is 0.415 e. The molecule has 3 aliphatic rings. The Morgan fingerprint density at radius 2 is 1.92 bits per heavy atom. The third kappa shape index (κ3) is 5.35. The van der Waals surface area contributed by atoms with Crippen molar-refractivity contribution in [1.29, 1.82) is 0 Å². The van der Waals surface area contributed by atoms with Crippen LogP contribution >= 0.6 is 11.6 Å². The van der Waals surface area contributed by atoms with Crippen molar-refractivity contribution in [3.05, 3.63) is 29.3 Å². The van der Waals surface area contributed by atoms with Gasteiger partial charge in [-0.2, -0.15) is 0 Å². The number of hydrogen-bond donors (Lipinski definition) is 2. The van der Waals surface area contributed by atoms with E-state index in [4.69, 9.17) is 21.1 Å². The Morgan fingerprint density at radius 3 is 2.51 bits per heavy atom. The summed E-state index contributed by atoms with van der Waals surface area (Å²) in [5.41, 5.74) is -1.47. The van der Waals surface area contributed by atoms with Crippen molar-refractivity contribution in [2.75, 3.05) is 11.4 Å². The van der Waals surface area contributed by atoms with Crippen LogP contribution < -0.4 is 10.2 Å². The minimum atomic E-state index is -1.25. The zero-order chi connectivity index (χ0) is 27.1. The van der Waals surface area contributed by atoms with E-state index in [9.17, 15) is 24.3 Å². The number of carbonyl (C=O) groups is 4. The molecule has 3 fully saturated rings. The van der Waals surface area contributed by atoms with Crippen LogP contribution in [0.4, 0.5) is 15.3 Å². The van der Waals surface area contributed by atoms with Crippen LogP contribution in [-0.2, 0) is 19.1 Å². The number of benzene rings is 1. The van der Waals surface area contributed by atoms with Crippen LogP contribution in [0.5, 0.6) is 0 Å². The molecule has 0 bridgehead atoms. The van der Waals surface area contributed by atoms with Gasteiger partial charge in [0.15, 0.2) is 5.60 Å². The first-order valence-electron chi connectivity index (χ1n) is 12.6. The van der Waals surface area contributed by atoms with Crippen molar-refractivity contribution >= 4 is 41.4 Å². The molecule has 2 unspecified atom stereocenters. The molecule has 2 saturated heterocycles. The first-order chi connectivity index (χ1) is 17.3. The Labute approximate surface area is 221 Å². The van der Waals surface area contributed by atoms with E-state index < -0.39 is 53.2 Å². The van der Waals surface area contributed by atoms with Gasteiger partial charge in [-0.15, -0.1) is 0 Å². The molecule has 0 aromatic heterocycles. The maximum absolute atomic E-state index is 13.8. The fourth-order valence-corrected chi connectivity index (χ4v) is 5.69. The summed E-state index contributed by atoms with van der Waals surface area (Å²) < 4.78 is 11.3. The number of carbonyl (C=O) groups excluding carboxylic acids is 3. The van der Waals surface area contributed by atoms with Crippen LogP contribution in [0.15, 0.2) is 24.3 Å². The van der Waals surface area contributed by atoms with E-state index in [1.165, 1.54) is 9.80 Å². The van der Waals surface area contributed by atoms with Crippen LogP contribution in [0.3, 0.4) is 0 Å². The van der Waals surface area contributed by atoms with Gasteiger partial charge in [-0.05, 0) is 56.2 Å². The second-order valence-electron chi connectivity index (χ2n) is 11.2. The fourth-order valence-electron chi connectivity index (χ4n) is 5.51. The zero-order valence-electron chi connectivity index (χ0n) is 21.5. The van der Waals surface area contributed by atoms with Crippen LogP contribution in [-0.4, -0.2) is 70.4 Å². The fraction of sp³-hybridized carbons (Fsp3) is 0.615. The number of anilines is 1. The monoisotopic (exact) mass is 535 g/mol. The van der Waals surface area contributed by atoms with Gasteiger partial charge < -0.3 is 24.8 Å². The second-order valence-corrected chi connectivity index (χ2v) is 11.7. The van der Waals surface area contributed by atoms with Gasteiger partial charge in [0.2, 0.25) is 5.91 Å². The summed E-state index contributed by atoms with van der Waals surface area (Å²) in [5.74, 6) is -1.78. The molecule has 3 amide bonds. The highest BCUT2D eigenvalue weighted by atomic mass is 35.5. The Balaban J connectivity index is 1.58. The van der Waals surface area contributed by atoms with Crippen molar-refractivity contribution in [2.24, 2.45) is 5.41 Å². The van der Waals surface area contributed by atoms with Gasteiger partial charge in [-0.25, -0.2) is 14.4 Å². The number of hydrogen-bond acceptors (Lipinski definition) is 6. The Kier molecular flexibility index (Phi) is 7.34. The number of alkyl carbamates (subject to hydrolysis) is 1. The zero-order valence-corrected chi connectivity index (χ0v) is 22.3. The minimum Gasteiger partial charge on any atom is -0.480 e. The number of carboxylic acids is 1. The van der Waals surface area contributed by atoms with Crippen molar-refractivity contribution in [2.45, 2.75) is 89.6 Å². The minimum absolute atomic E-state index is 0.0819. The number of nitrogens with one attached hydrogen (secondary N) is 1. The Bertz CT molecular complexity index is 1080. The number of aliphatic carboxylic acids is 1. The van der Waals surface area contributed by atoms with Crippen LogP contribution in [0.2, 0.25) is 5.02 Å². The van der Waals surface area contributed by atoms with Gasteiger partial charge in [0.05, 0.1) is 12.6 Å². The summed E-state index contributed by atoms with van der Waals surface area (Å²) in [7, 11) is 0. The lowest BCUT2D eigenvalue weighted by atomic mass is 9.85. The first-order valence-corrected chi connectivity index (χ1v) is 13.0. The first kappa shape index (κ1) is 27.0. The number of carboxylic acid groups (broad SMARTS) is 1. The molecule has 2 heterocycles. The SMILES string of the molecule is CC1N(c2cccc(Cl)c2)C(=O)O[C@]12C[C@@H](C(=O)O)N(C(=O)C(NC(=O)OC1CCCC1)C(C)(C)C)C2. The lowest BCUT2D eigenvalue weighted by molar-refractivity contribution is -0.150. The van der Waals surface area contributed by atoms with Crippen molar-refractivity contribution < 1.29 is 33.8 Å². The van der Waals surface area contributed by atoms with Gasteiger partial charge in [0, 0.05) is 17.1 Å². The Morgan fingerprint density at radius 1 is 1.24 bits per heavy atom. The average molecular weight is 536 g/mol. The average Bonchev–Trinajstić information content (AvgIpc) is 3.50. The summed E-state index contributed by atoms with van der Waals surface area (Å²) in [4.78, 5) is 54.4. The molecule has 1 aromatic carbocycles. The molecule has 1 spiro atoms. The predicted octanol–water partition coefficient (Wildman–Crippen LogP) is 4.19. The van der Waals surface area contributed by atoms with E-state index in [0.29, 0.717) is 10.7 Å². The van der Waals surface area contributed by atoms with Crippen molar-refractivity contribution in [1.82, 2.24) is 10.2 Å². The maximum Gasteiger partial charge on any atom is 0.415 e. The van der Waals surface area contributed by atoms with E-state index in [2.05, 4.69) is 5.32 Å². The molecule has 0 radical (unpaired) electrons. The quantitative estimate of drug-likeness (QED) is 0.579. The second kappa shape index (κ2) is 10.0. The molecular formula is C26H34ClN3O7. The van der Waals surface area contributed by atoms with E-state index in [1.54, 1.807) is 52.0 Å². The van der Waals surface area contributed by atoms with E-state index in [0.717, 1.165) is 25.7 Å². The third-order valence-corrected chi connectivity index (χ3v) is 7.83. The van der Waals surface area contributed by atoms with Crippen LogP contribution in [0.1, 0.15) is 59.8 Å². The number of likely N-dealkylation sites (tertiary alicyclic amines) is 1.